The van der Waals surface area contributed by atoms with E-state index in [0.29, 0.717) is 29.3 Å². The molecule has 0 atom stereocenters. The zero-order valence-electron chi connectivity index (χ0n) is 22.2. The molecule has 7 nitrogen and oxygen atoms in total. The van der Waals surface area contributed by atoms with Crippen molar-refractivity contribution in [1.29, 1.82) is 0 Å². The van der Waals surface area contributed by atoms with Gasteiger partial charge in [0.25, 0.3) is 11.8 Å². The molecule has 0 saturated heterocycles. The smallest absolute Gasteiger partial charge is 0.272 e. The Bertz CT molecular complexity index is 1540. The molecule has 0 aromatic heterocycles. The number of thioether (sulfide) groups is 1. The van der Waals surface area contributed by atoms with Crippen LogP contribution in [-0.4, -0.2) is 30.1 Å². The molecular formula is C32H28BrN3O4S. The van der Waals surface area contributed by atoms with Crippen LogP contribution in [0.3, 0.4) is 0 Å². The van der Waals surface area contributed by atoms with Gasteiger partial charge < -0.3 is 20.7 Å². The van der Waals surface area contributed by atoms with Gasteiger partial charge in [0.15, 0.2) is 0 Å². The molecule has 4 aromatic rings. The second-order valence-corrected chi connectivity index (χ2v) is 10.6. The molecule has 0 heterocycles. The minimum absolute atomic E-state index is 0.0894. The van der Waals surface area contributed by atoms with Gasteiger partial charge in [-0.05, 0) is 73.2 Å². The summed E-state index contributed by atoms with van der Waals surface area (Å²) < 4.78 is 6.47. The number of amides is 3. The number of para-hydroxylation sites is 2. The van der Waals surface area contributed by atoms with Crippen molar-refractivity contribution in [3.63, 3.8) is 0 Å². The minimum Gasteiger partial charge on any atom is -0.492 e. The Balaban J connectivity index is 1.44. The SMILES string of the molecule is CCOc1ccccc1NC(=O)CSc1cccc(NC(=O)/C(=C\c2ccc(Br)cc2)NC(=O)c2ccccc2)c1. The Labute approximate surface area is 251 Å². The van der Waals surface area contributed by atoms with Crippen LogP contribution >= 0.6 is 27.7 Å². The summed E-state index contributed by atoms with van der Waals surface area (Å²) in [5.41, 5.74) is 2.41. The number of ether oxygens (including phenoxy) is 1. The van der Waals surface area contributed by atoms with Crippen LogP contribution in [0.15, 0.2) is 118 Å². The lowest BCUT2D eigenvalue weighted by molar-refractivity contribution is -0.114. The van der Waals surface area contributed by atoms with Crippen molar-refractivity contribution >= 4 is 62.9 Å². The Morgan fingerprint density at radius 3 is 2.34 bits per heavy atom. The summed E-state index contributed by atoms with van der Waals surface area (Å²) in [6.45, 7) is 2.38. The number of hydrogen-bond acceptors (Lipinski definition) is 5. The highest BCUT2D eigenvalue weighted by molar-refractivity contribution is 9.10. The largest absolute Gasteiger partial charge is 0.492 e. The summed E-state index contributed by atoms with van der Waals surface area (Å²) in [6, 6.07) is 30.5. The summed E-state index contributed by atoms with van der Waals surface area (Å²) in [4.78, 5) is 39.6. The molecule has 0 aliphatic carbocycles. The summed E-state index contributed by atoms with van der Waals surface area (Å²) >= 11 is 4.74. The van der Waals surface area contributed by atoms with E-state index in [1.165, 1.54) is 11.8 Å². The topological polar surface area (TPSA) is 96.5 Å². The minimum atomic E-state index is -0.482. The molecule has 0 bridgehead atoms. The van der Waals surface area contributed by atoms with Gasteiger partial charge in [0.05, 0.1) is 18.0 Å². The zero-order chi connectivity index (χ0) is 29.0. The van der Waals surface area contributed by atoms with E-state index in [1.807, 2.05) is 55.5 Å². The van der Waals surface area contributed by atoms with Gasteiger partial charge in [-0.3, -0.25) is 14.4 Å². The van der Waals surface area contributed by atoms with Crippen LogP contribution in [0.5, 0.6) is 5.75 Å². The lowest BCUT2D eigenvalue weighted by Crippen LogP contribution is -2.30. The van der Waals surface area contributed by atoms with E-state index in [-0.39, 0.29) is 17.4 Å². The zero-order valence-corrected chi connectivity index (χ0v) is 24.6. The maximum Gasteiger partial charge on any atom is 0.272 e. The van der Waals surface area contributed by atoms with Crippen molar-refractivity contribution in [3.05, 3.63) is 124 Å². The van der Waals surface area contributed by atoms with Gasteiger partial charge in [0.1, 0.15) is 11.4 Å². The highest BCUT2D eigenvalue weighted by Crippen LogP contribution is 2.26. The molecule has 0 saturated carbocycles. The molecule has 208 valence electrons. The van der Waals surface area contributed by atoms with Gasteiger partial charge in [-0.25, -0.2) is 0 Å². The Kier molecular flexibility index (Phi) is 10.8. The van der Waals surface area contributed by atoms with Gasteiger partial charge in [-0.1, -0.05) is 64.5 Å². The second-order valence-electron chi connectivity index (χ2n) is 8.68. The van der Waals surface area contributed by atoms with E-state index < -0.39 is 11.8 Å². The van der Waals surface area contributed by atoms with Crippen molar-refractivity contribution in [1.82, 2.24) is 5.32 Å². The van der Waals surface area contributed by atoms with Gasteiger partial charge in [0, 0.05) is 20.6 Å². The molecule has 0 aliphatic rings. The summed E-state index contributed by atoms with van der Waals surface area (Å²) in [5.74, 6) is -0.279. The van der Waals surface area contributed by atoms with Crippen molar-refractivity contribution in [3.8, 4) is 5.75 Å². The van der Waals surface area contributed by atoms with Crippen LogP contribution in [0.25, 0.3) is 6.08 Å². The molecular weight excluding hydrogens is 602 g/mol. The molecule has 3 N–H and O–H groups in total. The Morgan fingerprint density at radius 2 is 1.59 bits per heavy atom. The maximum atomic E-state index is 13.3. The van der Waals surface area contributed by atoms with Gasteiger partial charge in [-0.2, -0.15) is 0 Å². The first kappa shape index (κ1) is 29.6. The highest BCUT2D eigenvalue weighted by atomic mass is 79.9. The first-order chi connectivity index (χ1) is 19.9. The third-order valence-corrected chi connectivity index (χ3v) is 7.16. The summed E-state index contributed by atoms with van der Waals surface area (Å²) in [7, 11) is 0. The fourth-order valence-electron chi connectivity index (χ4n) is 3.72. The van der Waals surface area contributed by atoms with Crippen LogP contribution in [0, 0.1) is 0 Å². The van der Waals surface area contributed by atoms with Crippen molar-refractivity contribution in [2.45, 2.75) is 11.8 Å². The molecule has 0 aliphatic heterocycles. The van der Waals surface area contributed by atoms with E-state index in [1.54, 1.807) is 60.7 Å². The quantitative estimate of drug-likeness (QED) is 0.123. The third-order valence-electron chi connectivity index (χ3n) is 5.63. The number of nitrogens with one attached hydrogen (secondary N) is 3. The van der Waals surface area contributed by atoms with Crippen molar-refractivity contribution in [2.75, 3.05) is 23.0 Å². The van der Waals surface area contributed by atoms with Crippen LogP contribution in [0.2, 0.25) is 0 Å². The molecule has 3 amide bonds. The van der Waals surface area contributed by atoms with E-state index in [2.05, 4.69) is 31.9 Å². The number of hydrogen-bond donors (Lipinski definition) is 3. The van der Waals surface area contributed by atoms with Crippen molar-refractivity contribution < 1.29 is 19.1 Å². The Morgan fingerprint density at radius 1 is 0.854 bits per heavy atom. The van der Waals surface area contributed by atoms with Crippen LogP contribution in [0.4, 0.5) is 11.4 Å². The fraction of sp³-hybridized carbons (Fsp3) is 0.0938. The van der Waals surface area contributed by atoms with E-state index >= 15 is 0 Å². The molecule has 4 rings (SSSR count). The lowest BCUT2D eigenvalue weighted by atomic mass is 10.1. The monoisotopic (exact) mass is 629 g/mol. The number of anilines is 2. The molecule has 0 fully saturated rings. The molecule has 0 radical (unpaired) electrons. The first-order valence-corrected chi connectivity index (χ1v) is 14.6. The molecule has 0 spiro atoms. The van der Waals surface area contributed by atoms with E-state index in [0.717, 1.165) is 14.9 Å². The second kappa shape index (κ2) is 14.9. The van der Waals surface area contributed by atoms with E-state index in [4.69, 9.17) is 4.74 Å². The number of rotatable bonds is 11. The summed E-state index contributed by atoms with van der Waals surface area (Å²) in [6.07, 6.45) is 1.62. The average molecular weight is 631 g/mol. The number of halogens is 1. The first-order valence-electron chi connectivity index (χ1n) is 12.8. The number of carbonyl (C=O) groups excluding carboxylic acids is 3. The van der Waals surface area contributed by atoms with Gasteiger partial charge in [-0.15, -0.1) is 11.8 Å². The number of carbonyl (C=O) groups is 3. The van der Waals surface area contributed by atoms with Crippen LogP contribution in [-0.2, 0) is 9.59 Å². The van der Waals surface area contributed by atoms with Crippen molar-refractivity contribution in [2.24, 2.45) is 0 Å². The van der Waals surface area contributed by atoms with Gasteiger partial charge >= 0.3 is 0 Å². The highest BCUT2D eigenvalue weighted by Gasteiger charge is 2.16. The summed E-state index contributed by atoms with van der Waals surface area (Å²) in [5, 5.41) is 8.48. The van der Waals surface area contributed by atoms with Crippen LogP contribution in [0.1, 0.15) is 22.8 Å². The molecule has 4 aromatic carbocycles. The van der Waals surface area contributed by atoms with E-state index in [9.17, 15) is 14.4 Å². The normalized spacial score (nSPS) is 10.9. The average Bonchev–Trinajstić information content (AvgIpc) is 2.98. The molecule has 9 heteroatoms. The predicted octanol–water partition coefficient (Wildman–Crippen LogP) is 6.99. The fourth-order valence-corrected chi connectivity index (χ4v) is 4.74. The standard InChI is InChI=1S/C32H28BrN3O4S/c1-2-40-29-14-7-6-13-27(29)35-30(37)21-41-26-12-8-11-25(20-26)34-32(39)28(19-22-15-17-24(33)18-16-22)36-31(38)23-9-4-3-5-10-23/h3-20H,2,21H2,1H3,(H,34,39)(H,35,37)(H,36,38)/b28-19+. The molecule has 0 unspecified atom stereocenters. The Hall–Kier alpha value is -4.34. The lowest BCUT2D eigenvalue weighted by Gasteiger charge is -2.13. The van der Waals surface area contributed by atoms with Gasteiger partial charge in [0.2, 0.25) is 5.91 Å². The van der Waals surface area contributed by atoms with Crippen LogP contribution < -0.4 is 20.7 Å². The predicted molar refractivity (Wildman–Crippen MR) is 168 cm³/mol. The number of benzene rings is 4. The maximum absolute atomic E-state index is 13.3. The molecule has 41 heavy (non-hydrogen) atoms. The third kappa shape index (κ3) is 9.09.